The normalized spacial score (nSPS) is 10.2. The number of amides is 1. The first-order chi connectivity index (χ1) is 8.97. The van der Waals surface area contributed by atoms with Crippen LogP contribution >= 0.6 is 11.6 Å². The Hall–Kier alpha value is -2.27. The molecular formula is C13H11ClN2O3. The van der Waals surface area contributed by atoms with Crippen LogP contribution in [0.3, 0.4) is 0 Å². The molecule has 1 heterocycles. The summed E-state index contributed by atoms with van der Waals surface area (Å²) in [6, 6.07) is 5.77. The van der Waals surface area contributed by atoms with E-state index < -0.39 is 5.91 Å². The summed E-state index contributed by atoms with van der Waals surface area (Å²) >= 11 is 5.78. The Kier molecular flexibility index (Phi) is 3.57. The fourth-order valence-corrected chi connectivity index (χ4v) is 1.70. The van der Waals surface area contributed by atoms with Crippen molar-refractivity contribution >= 4 is 29.0 Å². The van der Waals surface area contributed by atoms with Gasteiger partial charge in [-0.15, -0.1) is 0 Å². The zero-order valence-corrected chi connectivity index (χ0v) is 10.8. The Morgan fingerprint density at radius 3 is 2.68 bits per heavy atom. The van der Waals surface area contributed by atoms with Crippen molar-refractivity contribution < 1.29 is 14.7 Å². The third kappa shape index (κ3) is 2.95. The summed E-state index contributed by atoms with van der Waals surface area (Å²) in [7, 11) is 0. The van der Waals surface area contributed by atoms with Gasteiger partial charge in [-0.2, -0.15) is 0 Å². The van der Waals surface area contributed by atoms with Crippen molar-refractivity contribution in [1.29, 1.82) is 0 Å². The Morgan fingerprint density at radius 1 is 1.32 bits per heavy atom. The van der Waals surface area contributed by atoms with Crippen molar-refractivity contribution in [2.24, 2.45) is 0 Å². The Balaban J connectivity index is 2.20. The molecule has 0 spiro atoms. The van der Waals surface area contributed by atoms with Gasteiger partial charge in [0.2, 0.25) is 0 Å². The lowest BCUT2D eigenvalue weighted by molar-refractivity contribution is 0.101. The number of halogens is 1. The molecule has 0 fully saturated rings. The highest BCUT2D eigenvalue weighted by atomic mass is 35.5. The second-order valence-electron chi connectivity index (χ2n) is 3.97. The molecule has 0 bridgehead atoms. The van der Waals surface area contributed by atoms with Gasteiger partial charge in [0.15, 0.2) is 5.78 Å². The molecule has 1 aromatic heterocycles. The fourth-order valence-electron chi connectivity index (χ4n) is 1.53. The quantitative estimate of drug-likeness (QED) is 0.596. The molecule has 5 nitrogen and oxygen atoms in total. The highest BCUT2D eigenvalue weighted by Crippen LogP contribution is 2.26. The minimum Gasteiger partial charge on any atom is -0.506 e. The molecule has 19 heavy (non-hydrogen) atoms. The van der Waals surface area contributed by atoms with Crippen LogP contribution in [-0.2, 0) is 0 Å². The number of benzene rings is 1. The topological polar surface area (TPSA) is 82.2 Å². The molecule has 0 atom stereocenters. The molecule has 1 aromatic carbocycles. The lowest BCUT2D eigenvalue weighted by Gasteiger charge is -2.06. The zero-order chi connectivity index (χ0) is 14.0. The van der Waals surface area contributed by atoms with Gasteiger partial charge in [0, 0.05) is 16.8 Å². The molecule has 0 radical (unpaired) electrons. The van der Waals surface area contributed by atoms with Gasteiger partial charge in [-0.1, -0.05) is 11.6 Å². The van der Waals surface area contributed by atoms with E-state index in [4.69, 9.17) is 11.6 Å². The van der Waals surface area contributed by atoms with Crippen LogP contribution < -0.4 is 5.32 Å². The monoisotopic (exact) mass is 278 g/mol. The van der Waals surface area contributed by atoms with Gasteiger partial charge in [-0.25, -0.2) is 0 Å². The molecule has 2 aromatic rings. The van der Waals surface area contributed by atoms with E-state index in [0.717, 1.165) is 0 Å². The number of carbonyl (C=O) groups excluding carboxylic acids is 2. The number of Topliss-reactive ketones (excluding diaryl/α,β-unsaturated/α-hetero) is 1. The SMILES string of the molecule is CC(=O)c1c[nH]c(C(=O)Nc2cc(Cl)ccc2O)c1. The number of aromatic amines is 1. The summed E-state index contributed by atoms with van der Waals surface area (Å²) in [6.07, 6.45) is 1.45. The highest BCUT2D eigenvalue weighted by molar-refractivity contribution is 6.31. The van der Waals surface area contributed by atoms with Crippen molar-refractivity contribution in [2.75, 3.05) is 5.32 Å². The van der Waals surface area contributed by atoms with Gasteiger partial charge in [-0.05, 0) is 31.2 Å². The van der Waals surface area contributed by atoms with Crippen LogP contribution in [0.5, 0.6) is 5.75 Å². The number of nitrogens with one attached hydrogen (secondary N) is 2. The van der Waals surface area contributed by atoms with Crippen molar-refractivity contribution in [3.63, 3.8) is 0 Å². The van der Waals surface area contributed by atoms with E-state index in [-0.39, 0.29) is 22.9 Å². The molecule has 0 aliphatic carbocycles. The summed E-state index contributed by atoms with van der Waals surface area (Å²) in [4.78, 5) is 25.7. The maximum absolute atomic E-state index is 11.9. The van der Waals surface area contributed by atoms with Gasteiger partial charge < -0.3 is 15.4 Å². The zero-order valence-electron chi connectivity index (χ0n) is 10.0. The number of carbonyl (C=O) groups is 2. The number of rotatable bonds is 3. The first-order valence-electron chi connectivity index (χ1n) is 5.46. The summed E-state index contributed by atoms with van der Waals surface area (Å²) in [5, 5.41) is 12.5. The number of phenolic OH excluding ortho intramolecular Hbond substituents is 1. The van der Waals surface area contributed by atoms with E-state index in [1.54, 1.807) is 0 Å². The van der Waals surface area contributed by atoms with Crippen molar-refractivity contribution in [2.45, 2.75) is 6.92 Å². The third-order valence-corrected chi connectivity index (χ3v) is 2.78. The van der Waals surface area contributed by atoms with E-state index in [1.807, 2.05) is 0 Å². The number of anilines is 1. The largest absolute Gasteiger partial charge is 0.506 e. The van der Waals surface area contributed by atoms with Gasteiger partial charge in [-0.3, -0.25) is 9.59 Å². The predicted octanol–water partition coefficient (Wildman–Crippen LogP) is 2.83. The third-order valence-electron chi connectivity index (χ3n) is 2.54. The molecule has 6 heteroatoms. The molecule has 3 N–H and O–H groups in total. The lowest BCUT2D eigenvalue weighted by Crippen LogP contribution is -2.12. The molecule has 0 saturated heterocycles. The average Bonchev–Trinajstić information content (AvgIpc) is 2.83. The number of hydrogen-bond acceptors (Lipinski definition) is 3. The van der Waals surface area contributed by atoms with Crippen molar-refractivity contribution in [3.8, 4) is 5.75 Å². The minimum atomic E-state index is -0.468. The first-order valence-corrected chi connectivity index (χ1v) is 5.84. The van der Waals surface area contributed by atoms with Crippen LogP contribution in [0.4, 0.5) is 5.69 Å². The smallest absolute Gasteiger partial charge is 0.272 e. The first kappa shape index (κ1) is 13.2. The van der Waals surface area contributed by atoms with Gasteiger partial charge in [0.25, 0.3) is 5.91 Å². The summed E-state index contributed by atoms with van der Waals surface area (Å²) in [5.41, 5.74) is 0.849. The van der Waals surface area contributed by atoms with E-state index in [0.29, 0.717) is 10.6 Å². The Morgan fingerprint density at radius 2 is 2.05 bits per heavy atom. The van der Waals surface area contributed by atoms with Crippen LogP contribution in [0.1, 0.15) is 27.8 Å². The molecule has 98 valence electrons. The molecule has 1 amide bonds. The number of aromatic hydroxyl groups is 1. The molecular weight excluding hydrogens is 268 g/mol. The molecule has 0 saturated carbocycles. The highest BCUT2D eigenvalue weighted by Gasteiger charge is 2.12. The van der Waals surface area contributed by atoms with Crippen LogP contribution in [0.25, 0.3) is 0 Å². The van der Waals surface area contributed by atoms with Crippen LogP contribution in [0.15, 0.2) is 30.5 Å². The summed E-state index contributed by atoms with van der Waals surface area (Å²) in [6.45, 7) is 1.41. The number of H-pyrrole nitrogens is 1. The molecule has 0 aliphatic heterocycles. The number of aromatic nitrogens is 1. The number of ketones is 1. The Bertz CT molecular complexity index is 649. The minimum absolute atomic E-state index is 0.0869. The van der Waals surface area contributed by atoms with Crippen molar-refractivity contribution in [3.05, 3.63) is 46.7 Å². The van der Waals surface area contributed by atoms with Gasteiger partial charge >= 0.3 is 0 Å². The molecule has 0 aliphatic rings. The summed E-state index contributed by atoms with van der Waals surface area (Å²) < 4.78 is 0. The second-order valence-corrected chi connectivity index (χ2v) is 4.41. The van der Waals surface area contributed by atoms with Crippen LogP contribution in [0.2, 0.25) is 5.02 Å². The second kappa shape index (κ2) is 5.16. The van der Waals surface area contributed by atoms with E-state index in [1.165, 1.54) is 37.4 Å². The molecule has 2 rings (SSSR count). The molecule has 0 unspecified atom stereocenters. The van der Waals surface area contributed by atoms with Gasteiger partial charge in [0.1, 0.15) is 11.4 Å². The predicted molar refractivity (Wildman–Crippen MR) is 71.9 cm³/mol. The van der Waals surface area contributed by atoms with Crippen LogP contribution in [-0.4, -0.2) is 21.8 Å². The van der Waals surface area contributed by atoms with Crippen molar-refractivity contribution in [1.82, 2.24) is 4.98 Å². The van der Waals surface area contributed by atoms with E-state index in [9.17, 15) is 14.7 Å². The number of hydrogen-bond donors (Lipinski definition) is 3. The van der Waals surface area contributed by atoms with E-state index in [2.05, 4.69) is 10.3 Å². The lowest BCUT2D eigenvalue weighted by atomic mass is 10.2. The van der Waals surface area contributed by atoms with Gasteiger partial charge in [0.05, 0.1) is 5.69 Å². The standard InChI is InChI=1S/C13H11ClN2O3/c1-7(17)8-4-11(15-6-8)13(19)16-10-5-9(14)2-3-12(10)18/h2-6,15,18H,1H3,(H,16,19). The average molecular weight is 279 g/mol. The maximum Gasteiger partial charge on any atom is 0.272 e. The van der Waals surface area contributed by atoms with E-state index >= 15 is 0 Å². The number of phenols is 1. The maximum atomic E-state index is 11.9. The Labute approximate surface area is 114 Å². The van der Waals surface area contributed by atoms with Crippen LogP contribution in [0, 0.1) is 0 Å². The summed E-state index contributed by atoms with van der Waals surface area (Å²) in [5.74, 6) is -0.693. The fraction of sp³-hybridized carbons (Fsp3) is 0.0769.